The number of H-pyrrole nitrogens is 1. The lowest BCUT2D eigenvalue weighted by Crippen LogP contribution is -2.37. The van der Waals surface area contributed by atoms with E-state index in [1.165, 1.54) is 12.8 Å². The molecule has 8 heteroatoms. The van der Waals surface area contributed by atoms with E-state index in [-0.39, 0.29) is 5.91 Å². The summed E-state index contributed by atoms with van der Waals surface area (Å²) in [5.74, 6) is 1.08. The van der Waals surface area contributed by atoms with Crippen LogP contribution in [-0.4, -0.2) is 54.7 Å². The number of guanidine groups is 1. The average molecular weight is 366 g/mol. The van der Waals surface area contributed by atoms with E-state index in [1.54, 1.807) is 0 Å². The molecule has 3 N–H and O–H groups in total. The standard InChI is InChI=1S/C19H22N6O2/c26-18-16(23-19(24-18)22-9-12-1-2-12)7-13-10-20-17-15(13)8-14(11-21-17)25-3-5-27-6-4-25/h7-8,10-12H,1-6,9H2,(H,20,21)(H2,22,23,24,26)/b16-7-. The smallest absolute Gasteiger partial charge is 0.276 e. The Bertz CT molecular complexity index is 937. The molecular formula is C19H22N6O2. The molecule has 0 aromatic carbocycles. The van der Waals surface area contributed by atoms with E-state index >= 15 is 0 Å². The molecule has 1 saturated carbocycles. The second kappa shape index (κ2) is 6.70. The summed E-state index contributed by atoms with van der Waals surface area (Å²) in [5.41, 5.74) is 3.18. The number of amides is 1. The fourth-order valence-electron chi connectivity index (χ4n) is 3.39. The van der Waals surface area contributed by atoms with Gasteiger partial charge in [0, 0.05) is 36.8 Å². The summed E-state index contributed by atoms with van der Waals surface area (Å²) in [5, 5.41) is 6.99. The number of pyridine rings is 1. The molecule has 2 aromatic rings. The van der Waals surface area contributed by atoms with Gasteiger partial charge in [-0.05, 0) is 30.9 Å². The predicted octanol–water partition coefficient (Wildman–Crippen LogP) is 1.23. The molecule has 3 aliphatic rings. The van der Waals surface area contributed by atoms with Crippen molar-refractivity contribution in [2.75, 3.05) is 37.7 Å². The molecular weight excluding hydrogens is 344 g/mol. The summed E-state index contributed by atoms with van der Waals surface area (Å²) in [6.07, 6.45) is 8.06. The van der Waals surface area contributed by atoms with Gasteiger partial charge in [-0.3, -0.25) is 10.1 Å². The van der Waals surface area contributed by atoms with Crippen molar-refractivity contribution < 1.29 is 9.53 Å². The normalized spacial score (nSPS) is 21.6. The van der Waals surface area contributed by atoms with Gasteiger partial charge < -0.3 is 19.9 Å². The molecule has 8 nitrogen and oxygen atoms in total. The van der Waals surface area contributed by atoms with Crippen LogP contribution < -0.4 is 15.5 Å². The van der Waals surface area contributed by atoms with Crippen LogP contribution in [-0.2, 0) is 9.53 Å². The van der Waals surface area contributed by atoms with E-state index in [2.05, 4.69) is 36.6 Å². The summed E-state index contributed by atoms with van der Waals surface area (Å²) in [4.78, 5) is 26.6. The van der Waals surface area contributed by atoms with E-state index in [0.29, 0.717) is 11.7 Å². The fraction of sp³-hybridized carbons (Fsp3) is 0.421. The third-order valence-corrected chi connectivity index (χ3v) is 5.17. The predicted molar refractivity (Wildman–Crippen MR) is 103 cm³/mol. The highest BCUT2D eigenvalue weighted by atomic mass is 16.5. The van der Waals surface area contributed by atoms with Crippen LogP contribution in [0.3, 0.4) is 0 Å². The number of aromatic nitrogens is 2. The van der Waals surface area contributed by atoms with Gasteiger partial charge in [0.05, 0.1) is 25.1 Å². The largest absolute Gasteiger partial charge is 0.378 e. The van der Waals surface area contributed by atoms with E-state index in [9.17, 15) is 4.79 Å². The number of morpholine rings is 1. The number of rotatable bonds is 4. The van der Waals surface area contributed by atoms with Crippen molar-refractivity contribution in [3.05, 3.63) is 29.7 Å². The Morgan fingerprint density at radius 3 is 3.00 bits per heavy atom. The average Bonchev–Trinajstić information content (AvgIpc) is 3.36. The third kappa shape index (κ3) is 3.40. The highest BCUT2D eigenvalue weighted by Crippen LogP contribution is 2.28. The highest BCUT2D eigenvalue weighted by Gasteiger charge is 2.25. The number of nitrogens with zero attached hydrogens (tertiary/aromatic N) is 3. The van der Waals surface area contributed by atoms with Crippen molar-refractivity contribution in [2.45, 2.75) is 12.8 Å². The number of carbonyl (C=O) groups excluding carboxylic acids is 1. The van der Waals surface area contributed by atoms with Gasteiger partial charge in [-0.25, -0.2) is 9.98 Å². The Kier molecular flexibility index (Phi) is 4.05. The van der Waals surface area contributed by atoms with Crippen LogP contribution in [0.15, 0.2) is 29.1 Å². The van der Waals surface area contributed by atoms with Crippen LogP contribution in [0, 0.1) is 5.92 Å². The van der Waals surface area contributed by atoms with Gasteiger partial charge in [-0.1, -0.05) is 0 Å². The molecule has 2 aliphatic heterocycles. The molecule has 1 aliphatic carbocycles. The van der Waals surface area contributed by atoms with E-state index < -0.39 is 0 Å². The summed E-state index contributed by atoms with van der Waals surface area (Å²) in [6, 6.07) is 2.11. The minimum Gasteiger partial charge on any atom is -0.378 e. The molecule has 0 radical (unpaired) electrons. The van der Waals surface area contributed by atoms with Gasteiger partial charge in [0.1, 0.15) is 11.3 Å². The van der Waals surface area contributed by atoms with Crippen molar-refractivity contribution >= 4 is 34.7 Å². The van der Waals surface area contributed by atoms with Crippen LogP contribution in [0.2, 0.25) is 0 Å². The SMILES string of the molecule is O=C1NC(NCC2CC2)=N/C1=C\c1c[nH]c2ncc(N3CCOCC3)cc12. The number of hydrogen-bond acceptors (Lipinski definition) is 6. The van der Waals surface area contributed by atoms with Crippen LogP contribution in [0.4, 0.5) is 5.69 Å². The lowest BCUT2D eigenvalue weighted by atomic mass is 10.1. The first-order valence-corrected chi connectivity index (χ1v) is 9.42. The molecule has 5 rings (SSSR count). The first-order valence-electron chi connectivity index (χ1n) is 9.42. The lowest BCUT2D eigenvalue weighted by Gasteiger charge is -2.28. The number of carbonyl (C=O) groups is 1. The minimum atomic E-state index is -0.181. The van der Waals surface area contributed by atoms with Gasteiger partial charge in [-0.2, -0.15) is 0 Å². The first kappa shape index (κ1) is 16.3. The van der Waals surface area contributed by atoms with Crippen molar-refractivity contribution in [3.8, 4) is 0 Å². The van der Waals surface area contributed by atoms with E-state index in [0.717, 1.165) is 61.1 Å². The highest BCUT2D eigenvalue weighted by molar-refractivity contribution is 6.14. The Morgan fingerprint density at radius 1 is 1.33 bits per heavy atom. The number of aliphatic imine (C=N–C) groups is 1. The monoisotopic (exact) mass is 366 g/mol. The molecule has 140 valence electrons. The molecule has 0 spiro atoms. The van der Waals surface area contributed by atoms with Crippen molar-refractivity contribution in [2.24, 2.45) is 10.9 Å². The number of hydrogen-bond donors (Lipinski definition) is 3. The molecule has 27 heavy (non-hydrogen) atoms. The van der Waals surface area contributed by atoms with Crippen molar-refractivity contribution in [1.82, 2.24) is 20.6 Å². The zero-order valence-corrected chi connectivity index (χ0v) is 15.0. The summed E-state index contributed by atoms with van der Waals surface area (Å²) in [6.45, 7) is 4.04. The maximum Gasteiger partial charge on any atom is 0.276 e. The lowest BCUT2D eigenvalue weighted by molar-refractivity contribution is -0.115. The minimum absolute atomic E-state index is 0.181. The second-order valence-corrected chi connectivity index (χ2v) is 7.20. The Balaban J connectivity index is 1.41. The zero-order chi connectivity index (χ0) is 18.2. The van der Waals surface area contributed by atoms with Gasteiger partial charge in [-0.15, -0.1) is 0 Å². The van der Waals surface area contributed by atoms with Gasteiger partial charge in [0.25, 0.3) is 5.91 Å². The molecule has 2 fully saturated rings. The zero-order valence-electron chi connectivity index (χ0n) is 15.0. The molecule has 1 saturated heterocycles. The number of fused-ring (bicyclic) bond motifs is 1. The van der Waals surface area contributed by atoms with Crippen molar-refractivity contribution in [3.63, 3.8) is 0 Å². The number of ether oxygens (including phenoxy) is 1. The van der Waals surface area contributed by atoms with Crippen LogP contribution in [0.1, 0.15) is 18.4 Å². The van der Waals surface area contributed by atoms with Crippen LogP contribution in [0.25, 0.3) is 17.1 Å². The van der Waals surface area contributed by atoms with Crippen molar-refractivity contribution in [1.29, 1.82) is 0 Å². The second-order valence-electron chi connectivity index (χ2n) is 7.20. The Morgan fingerprint density at radius 2 is 2.19 bits per heavy atom. The van der Waals surface area contributed by atoms with E-state index in [1.807, 2.05) is 18.5 Å². The Labute approximate surface area is 156 Å². The number of anilines is 1. The van der Waals surface area contributed by atoms with E-state index in [4.69, 9.17) is 4.74 Å². The number of nitrogens with one attached hydrogen (secondary N) is 3. The Hall–Kier alpha value is -2.87. The molecule has 0 bridgehead atoms. The summed E-state index contributed by atoms with van der Waals surface area (Å²) >= 11 is 0. The summed E-state index contributed by atoms with van der Waals surface area (Å²) < 4.78 is 5.42. The van der Waals surface area contributed by atoms with Gasteiger partial charge in [0.15, 0.2) is 0 Å². The maximum atomic E-state index is 12.2. The molecule has 1 amide bonds. The fourth-order valence-corrected chi connectivity index (χ4v) is 3.39. The topological polar surface area (TPSA) is 94.6 Å². The van der Waals surface area contributed by atoms with Crippen LogP contribution in [0.5, 0.6) is 0 Å². The molecule has 2 aromatic heterocycles. The summed E-state index contributed by atoms with van der Waals surface area (Å²) in [7, 11) is 0. The maximum absolute atomic E-state index is 12.2. The third-order valence-electron chi connectivity index (χ3n) is 5.17. The molecule has 4 heterocycles. The van der Waals surface area contributed by atoms with Gasteiger partial charge >= 0.3 is 0 Å². The first-order chi connectivity index (χ1) is 13.3. The van der Waals surface area contributed by atoms with Gasteiger partial charge in [0.2, 0.25) is 5.96 Å². The molecule has 0 unspecified atom stereocenters. The quantitative estimate of drug-likeness (QED) is 0.708. The number of aromatic amines is 1. The van der Waals surface area contributed by atoms with Crippen LogP contribution >= 0.6 is 0 Å². The molecule has 0 atom stereocenters.